The van der Waals surface area contributed by atoms with Crippen LogP contribution in [0.5, 0.6) is 0 Å². The fourth-order valence-electron chi connectivity index (χ4n) is 1.04. The van der Waals surface area contributed by atoms with E-state index in [1.54, 1.807) is 6.92 Å². The molecule has 0 spiro atoms. The van der Waals surface area contributed by atoms with E-state index in [0.717, 1.165) is 0 Å². The van der Waals surface area contributed by atoms with Gasteiger partial charge >= 0.3 is 0 Å². The highest BCUT2D eigenvalue weighted by atomic mass is 35.5. The Bertz CT molecular complexity index is 122. The highest BCUT2D eigenvalue weighted by molar-refractivity contribution is 6.18. The molecule has 0 aromatic carbocycles. The van der Waals surface area contributed by atoms with E-state index in [1.165, 1.54) is 0 Å². The second kappa shape index (κ2) is 3.03. The van der Waals surface area contributed by atoms with E-state index in [1.807, 2.05) is 0 Å². The number of aliphatic hydroxyl groups is 1. The molecule has 0 bridgehead atoms. The average Bonchev–Trinajstić information content (AvgIpc) is 2.17. The van der Waals surface area contributed by atoms with Gasteiger partial charge in [0.05, 0.1) is 12.0 Å². The topological polar surface area (TPSA) is 29.5 Å². The van der Waals surface area contributed by atoms with Crippen LogP contribution in [0.3, 0.4) is 0 Å². The average molecular weight is 169 g/mol. The van der Waals surface area contributed by atoms with Crippen LogP contribution in [0.4, 0.5) is 4.39 Å². The van der Waals surface area contributed by atoms with Gasteiger partial charge in [-0.05, 0) is 6.92 Å². The third kappa shape index (κ3) is 1.26. The quantitative estimate of drug-likeness (QED) is 0.585. The lowest BCUT2D eigenvalue weighted by Crippen LogP contribution is -2.29. The molecule has 60 valence electrons. The molecular formula is C6H10ClFO2. The van der Waals surface area contributed by atoms with Crippen LogP contribution >= 0.6 is 11.6 Å². The monoisotopic (exact) mass is 168 g/mol. The van der Waals surface area contributed by atoms with Crippen molar-refractivity contribution in [2.75, 3.05) is 5.88 Å². The summed E-state index contributed by atoms with van der Waals surface area (Å²) in [6.45, 7) is 1.58. The lowest BCUT2D eigenvalue weighted by molar-refractivity contribution is 0.0309. The van der Waals surface area contributed by atoms with Crippen LogP contribution in [0.1, 0.15) is 6.92 Å². The molecule has 1 aliphatic rings. The summed E-state index contributed by atoms with van der Waals surface area (Å²) < 4.78 is 17.7. The Morgan fingerprint density at radius 1 is 1.70 bits per heavy atom. The van der Waals surface area contributed by atoms with Crippen molar-refractivity contribution in [3.05, 3.63) is 0 Å². The van der Waals surface area contributed by atoms with Gasteiger partial charge in [0.2, 0.25) is 0 Å². The zero-order chi connectivity index (χ0) is 7.72. The van der Waals surface area contributed by atoms with Crippen molar-refractivity contribution >= 4 is 11.6 Å². The first kappa shape index (κ1) is 8.24. The molecule has 0 aromatic rings. The number of hydrogen-bond donors (Lipinski definition) is 1. The summed E-state index contributed by atoms with van der Waals surface area (Å²) in [7, 11) is 0. The van der Waals surface area contributed by atoms with E-state index in [-0.39, 0.29) is 5.88 Å². The van der Waals surface area contributed by atoms with Gasteiger partial charge in [-0.25, -0.2) is 4.39 Å². The third-order valence-corrected chi connectivity index (χ3v) is 2.00. The molecule has 2 nitrogen and oxygen atoms in total. The Morgan fingerprint density at radius 2 is 2.30 bits per heavy atom. The molecule has 4 heteroatoms. The van der Waals surface area contributed by atoms with E-state index < -0.39 is 24.5 Å². The second-order valence-electron chi connectivity index (χ2n) is 2.47. The molecule has 1 rings (SSSR count). The molecule has 0 radical (unpaired) electrons. The Morgan fingerprint density at radius 3 is 2.50 bits per heavy atom. The minimum absolute atomic E-state index is 0.145. The van der Waals surface area contributed by atoms with E-state index in [0.29, 0.717) is 0 Å². The first-order valence-corrected chi connectivity index (χ1v) is 3.74. The van der Waals surface area contributed by atoms with Gasteiger partial charge < -0.3 is 9.84 Å². The maximum absolute atomic E-state index is 12.7. The van der Waals surface area contributed by atoms with Gasteiger partial charge in [0, 0.05) is 0 Å². The summed E-state index contributed by atoms with van der Waals surface area (Å²) in [6.07, 6.45) is -3.40. The zero-order valence-electron chi connectivity index (χ0n) is 5.63. The maximum atomic E-state index is 12.7. The SMILES string of the molecule is C[C@@H]1OC(CCl)[C@@H](O)[C@@H]1F. The molecule has 1 N–H and O–H groups in total. The van der Waals surface area contributed by atoms with Crippen molar-refractivity contribution in [3.63, 3.8) is 0 Å². The van der Waals surface area contributed by atoms with E-state index in [4.69, 9.17) is 21.4 Å². The summed E-state index contributed by atoms with van der Waals surface area (Å²) in [6, 6.07) is 0. The largest absolute Gasteiger partial charge is 0.387 e. The van der Waals surface area contributed by atoms with E-state index >= 15 is 0 Å². The van der Waals surface area contributed by atoms with Crippen molar-refractivity contribution < 1.29 is 14.2 Å². The van der Waals surface area contributed by atoms with Gasteiger partial charge in [0.15, 0.2) is 6.17 Å². The molecule has 1 heterocycles. The number of ether oxygens (including phenoxy) is 1. The molecule has 1 fully saturated rings. The maximum Gasteiger partial charge on any atom is 0.154 e. The number of alkyl halides is 2. The Labute approximate surface area is 63.9 Å². The third-order valence-electron chi connectivity index (χ3n) is 1.70. The van der Waals surface area contributed by atoms with Gasteiger partial charge in [0.1, 0.15) is 12.2 Å². The molecular weight excluding hydrogens is 159 g/mol. The molecule has 10 heavy (non-hydrogen) atoms. The lowest BCUT2D eigenvalue weighted by Gasteiger charge is -2.08. The molecule has 0 aliphatic carbocycles. The zero-order valence-corrected chi connectivity index (χ0v) is 6.38. The number of rotatable bonds is 1. The number of aliphatic hydroxyl groups excluding tert-OH is 1. The van der Waals surface area contributed by atoms with Gasteiger partial charge in [-0.2, -0.15) is 0 Å². The highest BCUT2D eigenvalue weighted by Gasteiger charge is 2.40. The van der Waals surface area contributed by atoms with Crippen LogP contribution in [0.15, 0.2) is 0 Å². The first-order valence-electron chi connectivity index (χ1n) is 3.20. The van der Waals surface area contributed by atoms with Crippen molar-refractivity contribution in [2.24, 2.45) is 0 Å². The van der Waals surface area contributed by atoms with Crippen molar-refractivity contribution in [1.82, 2.24) is 0 Å². The van der Waals surface area contributed by atoms with Gasteiger partial charge in [0.25, 0.3) is 0 Å². The van der Waals surface area contributed by atoms with Crippen LogP contribution in [-0.2, 0) is 4.74 Å². The Kier molecular flexibility index (Phi) is 2.50. The molecule has 1 saturated heterocycles. The molecule has 0 amide bonds. The van der Waals surface area contributed by atoms with Gasteiger partial charge in [-0.15, -0.1) is 11.6 Å². The minimum atomic E-state index is -1.29. The standard InChI is InChI=1S/C6H10ClFO2/c1-3-5(8)6(9)4(2-7)10-3/h3-6,9H,2H2,1H3/t3-,4?,5+,6+/m0/s1. The van der Waals surface area contributed by atoms with Crippen molar-refractivity contribution in [3.8, 4) is 0 Å². The smallest absolute Gasteiger partial charge is 0.154 e. The van der Waals surface area contributed by atoms with Crippen LogP contribution in [0.25, 0.3) is 0 Å². The summed E-state index contributed by atoms with van der Waals surface area (Å²) in [5, 5.41) is 9.04. The number of hydrogen-bond acceptors (Lipinski definition) is 2. The van der Waals surface area contributed by atoms with Crippen molar-refractivity contribution in [1.29, 1.82) is 0 Å². The van der Waals surface area contributed by atoms with Crippen LogP contribution in [0, 0.1) is 0 Å². The molecule has 4 atom stereocenters. The lowest BCUT2D eigenvalue weighted by atomic mass is 10.1. The minimum Gasteiger partial charge on any atom is -0.387 e. The van der Waals surface area contributed by atoms with Crippen molar-refractivity contribution in [2.45, 2.75) is 31.4 Å². The second-order valence-corrected chi connectivity index (χ2v) is 2.78. The summed E-state index contributed by atoms with van der Waals surface area (Å²) >= 11 is 5.38. The normalized spacial score (nSPS) is 48.0. The molecule has 1 unspecified atom stereocenters. The first-order chi connectivity index (χ1) is 4.66. The fraction of sp³-hybridized carbons (Fsp3) is 1.00. The predicted molar refractivity (Wildman–Crippen MR) is 36.0 cm³/mol. The van der Waals surface area contributed by atoms with E-state index in [2.05, 4.69) is 0 Å². The summed E-state index contributed by atoms with van der Waals surface area (Å²) in [5.41, 5.74) is 0. The molecule has 1 aliphatic heterocycles. The molecule has 0 saturated carbocycles. The van der Waals surface area contributed by atoms with Gasteiger partial charge in [-0.1, -0.05) is 0 Å². The van der Waals surface area contributed by atoms with Gasteiger partial charge in [-0.3, -0.25) is 0 Å². The Balaban J connectivity index is 2.53. The summed E-state index contributed by atoms with van der Waals surface area (Å²) in [4.78, 5) is 0. The van der Waals surface area contributed by atoms with Crippen LogP contribution in [0.2, 0.25) is 0 Å². The predicted octanol–water partition coefficient (Wildman–Crippen LogP) is 0.712. The molecule has 0 aromatic heterocycles. The highest BCUT2D eigenvalue weighted by Crippen LogP contribution is 2.24. The van der Waals surface area contributed by atoms with E-state index in [9.17, 15) is 4.39 Å². The summed E-state index contributed by atoms with van der Waals surface area (Å²) in [5.74, 6) is 0.145. The number of halogens is 2. The fourth-order valence-corrected chi connectivity index (χ4v) is 1.30. The van der Waals surface area contributed by atoms with Crippen LogP contribution in [-0.4, -0.2) is 35.5 Å². The van der Waals surface area contributed by atoms with Crippen LogP contribution < -0.4 is 0 Å². The Hall–Kier alpha value is 0.140.